The molecule has 0 aromatic carbocycles. The van der Waals surface area contributed by atoms with Gasteiger partial charge in [-0.3, -0.25) is 20.1 Å². The lowest BCUT2D eigenvalue weighted by Crippen LogP contribution is -1.88. The lowest BCUT2D eigenvalue weighted by atomic mass is 10.3. The van der Waals surface area contributed by atoms with Gasteiger partial charge in [-0.25, -0.2) is 0 Å². The maximum absolute atomic E-state index is 10.1. The van der Waals surface area contributed by atoms with Crippen LogP contribution < -0.4 is 0 Å². The molecule has 0 bridgehead atoms. The lowest BCUT2D eigenvalue weighted by molar-refractivity contribution is -0.385. The molecular formula is C13H15N3O2. The van der Waals surface area contributed by atoms with Gasteiger partial charge in [0.05, 0.1) is 4.92 Å². The Labute approximate surface area is 106 Å². The minimum absolute atomic E-state index is 0.0330. The predicted octanol–water partition coefficient (Wildman–Crippen LogP) is 3.00. The van der Waals surface area contributed by atoms with Crippen LogP contribution in [0.3, 0.4) is 0 Å². The van der Waals surface area contributed by atoms with Crippen molar-refractivity contribution in [2.75, 3.05) is 0 Å². The molecule has 0 radical (unpaired) electrons. The molecule has 0 saturated heterocycles. The molecular weight excluding hydrogens is 230 g/mol. The summed E-state index contributed by atoms with van der Waals surface area (Å²) in [6.45, 7) is 5.80. The largest absolute Gasteiger partial charge is 0.287 e. The van der Waals surface area contributed by atoms with E-state index in [-0.39, 0.29) is 5.69 Å². The minimum atomic E-state index is -0.466. The Morgan fingerprint density at radius 3 is 1.83 bits per heavy atom. The van der Waals surface area contributed by atoms with E-state index < -0.39 is 4.92 Å². The average molecular weight is 245 g/mol. The summed E-state index contributed by atoms with van der Waals surface area (Å²) >= 11 is 0. The van der Waals surface area contributed by atoms with Crippen molar-refractivity contribution in [3.63, 3.8) is 0 Å². The summed E-state index contributed by atoms with van der Waals surface area (Å²) < 4.78 is 0. The molecule has 0 unspecified atom stereocenters. The standard InChI is InChI=1S/C7H9N.C6H6N2O2/c1-6-3-4-7(2)8-5-6;1-5-2-3-6(4-7-5)8(9)10/h3-5H,1-2H3;2-4H,1H3. The van der Waals surface area contributed by atoms with Crippen molar-refractivity contribution in [1.29, 1.82) is 0 Å². The first kappa shape index (κ1) is 13.8. The number of rotatable bonds is 1. The van der Waals surface area contributed by atoms with Gasteiger partial charge < -0.3 is 0 Å². The molecule has 2 rings (SSSR count). The van der Waals surface area contributed by atoms with E-state index in [4.69, 9.17) is 0 Å². The summed E-state index contributed by atoms with van der Waals surface area (Å²) in [6, 6.07) is 7.11. The molecule has 0 aliphatic rings. The number of pyridine rings is 2. The van der Waals surface area contributed by atoms with Crippen LogP contribution in [-0.4, -0.2) is 14.9 Å². The van der Waals surface area contributed by atoms with Crippen LogP contribution in [0.25, 0.3) is 0 Å². The van der Waals surface area contributed by atoms with E-state index in [1.165, 1.54) is 17.8 Å². The summed E-state index contributed by atoms with van der Waals surface area (Å²) in [5.41, 5.74) is 3.11. The van der Waals surface area contributed by atoms with Crippen molar-refractivity contribution in [3.05, 3.63) is 63.7 Å². The number of hydrogen-bond donors (Lipinski definition) is 0. The molecule has 0 aliphatic heterocycles. The first-order chi connectivity index (χ1) is 8.49. The molecule has 18 heavy (non-hydrogen) atoms. The highest BCUT2D eigenvalue weighted by atomic mass is 16.6. The van der Waals surface area contributed by atoms with Crippen LogP contribution in [0.5, 0.6) is 0 Å². The molecule has 5 nitrogen and oxygen atoms in total. The van der Waals surface area contributed by atoms with Crippen LogP contribution in [-0.2, 0) is 0 Å². The third-order valence-corrected chi connectivity index (χ3v) is 2.17. The quantitative estimate of drug-likeness (QED) is 0.572. The smallest absolute Gasteiger partial charge is 0.261 e. The molecule has 0 atom stereocenters. The van der Waals surface area contributed by atoms with Crippen LogP contribution in [0.1, 0.15) is 17.0 Å². The zero-order chi connectivity index (χ0) is 13.5. The third-order valence-electron chi connectivity index (χ3n) is 2.17. The Bertz CT molecular complexity index is 486. The van der Waals surface area contributed by atoms with E-state index in [2.05, 4.69) is 16.0 Å². The molecule has 0 spiro atoms. The van der Waals surface area contributed by atoms with Crippen molar-refractivity contribution < 1.29 is 4.92 Å². The van der Waals surface area contributed by atoms with Crippen LogP contribution in [0.4, 0.5) is 5.69 Å². The topological polar surface area (TPSA) is 68.9 Å². The number of aryl methyl sites for hydroxylation is 3. The van der Waals surface area contributed by atoms with E-state index in [0.717, 1.165) is 11.4 Å². The highest BCUT2D eigenvalue weighted by Gasteiger charge is 2.01. The molecule has 0 fully saturated rings. The second-order valence-electron chi connectivity index (χ2n) is 3.89. The van der Waals surface area contributed by atoms with Gasteiger partial charge in [0.1, 0.15) is 6.20 Å². The second-order valence-corrected chi connectivity index (χ2v) is 3.89. The molecule has 0 amide bonds. The monoisotopic (exact) mass is 245 g/mol. The Morgan fingerprint density at radius 1 is 0.944 bits per heavy atom. The lowest BCUT2D eigenvalue weighted by Gasteiger charge is -1.89. The van der Waals surface area contributed by atoms with Gasteiger partial charge in [0.25, 0.3) is 5.69 Å². The summed E-state index contributed by atoms with van der Waals surface area (Å²) in [4.78, 5) is 17.4. The maximum atomic E-state index is 10.1. The van der Waals surface area contributed by atoms with Crippen molar-refractivity contribution in [2.24, 2.45) is 0 Å². The van der Waals surface area contributed by atoms with E-state index in [9.17, 15) is 10.1 Å². The van der Waals surface area contributed by atoms with Gasteiger partial charge in [-0.1, -0.05) is 6.07 Å². The van der Waals surface area contributed by atoms with Crippen LogP contribution >= 0.6 is 0 Å². The molecule has 2 heterocycles. The SMILES string of the molecule is Cc1ccc(C)nc1.Cc1ccc([N+](=O)[O-])cn1. The molecule has 0 aliphatic carbocycles. The summed E-state index contributed by atoms with van der Waals surface area (Å²) in [7, 11) is 0. The van der Waals surface area contributed by atoms with E-state index >= 15 is 0 Å². The fourth-order valence-corrected chi connectivity index (χ4v) is 1.11. The number of hydrogen-bond acceptors (Lipinski definition) is 4. The van der Waals surface area contributed by atoms with Gasteiger partial charge in [-0.05, 0) is 38.5 Å². The fraction of sp³-hybridized carbons (Fsp3) is 0.231. The van der Waals surface area contributed by atoms with Crippen LogP contribution in [0, 0.1) is 30.9 Å². The van der Waals surface area contributed by atoms with E-state index in [1.54, 1.807) is 13.0 Å². The summed E-state index contributed by atoms with van der Waals surface area (Å²) in [5, 5.41) is 10.1. The van der Waals surface area contributed by atoms with E-state index in [1.807, 2.05) is 26.1 Å². The van der Waals surface area contributed by atoms with Gasteiger partial charge in [-0.2, -0.15) is 0 Å². The van der Waals surface area contributed by atoms with Crippen molar-refractivity contribution in [1.82, 2.24) is 9.97 Å². The number of nitrogens with zero attached hydrogens (tertiary/aromatic N) is 3. The molecule has 5 heteroatoms. The highest BCUT2D eigenvalue weighted by Crippen LogP contribution is 2.07. The fourth-order valence-electron chi connectivity index (χ4n) is 1.11. The van der Waals surface area contributed by atoms with Crippen LogP contribution in [0.2, 0.25) is 0 Å². The van der Waals surface area contributed by atoms with Crippen molar-refractivity contribution in [2.45, 2.75) is 20.8 Å². The number of aromatic nitrogens is 2. The zero-order valence-electron chi connectivity index (χ0n) is 10.6. The molecule has 2 aromatic heterocycles. The van der Waals surface area contributed by atoms with Crippen molar-refractivity contribution in [3.8, 4) is 0 Å². The van der Waals surface area contributed by atoms with Crippen LogP contribution in [0.15, 0.2) is 36.7 Å². The third kappa shape index (κ3) is 4.69. The molecule has 94 valence electrons. The minimum Gasteiger partial charge on any atom is -0.261 e. The van der Waals surface area contributed by atoms with Gasteiger partial charge in [0.2, 0.25) is 0 Å². The Hall–Kier alpha value is -2.30. The Morgan fingerprint density at radius 2 is 1.50 bits per heavy atom. The first-order valence-corrected chi connectivity index (χ1v) is 5.45. The van der Waals surface area contributed by atoms with Gasteiger partial charge in [0.15, 0.2) is 0 Å². The zero-order valence-corrected chi connectivity index (χ0v) is 10.6. The van der Waals surface area contributed by atoms with Crippen molar-refractivity contribution >= 4 is 5.69 Å². The predicted molar refractivity (Wildman–Crippen MR) is 69.3 cm³/mol. The normalized spacial score (nSPS) is 9.28. The summed E-state index contributed by atoms with van der Waals surface area (Å²) in [6.07, 6.45) is 3.12. The average Bonchev–Trinajstić information content (AvgIpc) is 2.34. The Balaban J connectivity index is 0.000000184. The van der Waals surface area contributed by atoms with Gasteiger partial charge in [0, 0.05) is 23.7 Å². The van der Waals surface area contributed by atoms with Gasteiger partial charge in [-0.15, -0.1) is 0 Å². The Kier molecular flexibility index (Phi) is 4.92. The second kappa shape index (κ2) is 6.44. The highest BCUT2D eigenvalue weighted by molar-refractivity contribution is 5.26. The number of nitro groups is 1. The summed E-state index contributed by atoms with van der Waals surface area (Å²) in [5.74, 6) is 0. The molecule has 0 N–H and O–H groups in total. The van der Waals surface area contributed by atoms with E-state index in [0.29, 0.717) is 0 Å². The molecule has 0 saturated carbocycles. The molecule has 2 aromatic rings. The first-order valence-electron chi connectivity index (χ1n) is 5.45. The van der Waals surface area contributed by atoms with Gasteiger partial charge >= 0.3 is 0 Å². The maximum Gasteiger partial charge on any atom is 0.287 e.